The second-order valence-corrected chi connectivity index (χ2v) is 9.34. The van der Waals surface area contributed by atoms with Gasteiger partial charge in [0.05, 0.1) is 22.3 Å². The number of hydrogen-bond donors (Lipinski definition) is 0. The first-order valence-electron chi connectivity index (χ1n) is 9.75. The summed E-state index contributed by atoms with van der Waals surface area (Å²) in [5, 5.41) is 1.17. The summed E-state index contributed by atoms with van der Waals surface area (Å²) in [6.45, 7) is 2.92. The Morgan fingerprint density at radius 2 is 1.76 bits per heavy atom. The topological polar surface area (TPSA) is 63.7 Å². The van der Waals surface area contributed by atoms with Crippen molar-refractivity contribution in [3.63, 3.8) is 0 Å². The summed E-state index contributed by atoms with van der Waals surface area (Å²) in [4.78, 5) is 15.4. The highest BCUT2D eigenvalue weighted by molar-refractivity contribution is 7.92. The van der Waals surface area contributed by atoms with Gasteiger partial charge in [-0.15, -0.1) is 0 Å². The van der Waals surface area contributed by atoms with Crippen LogP contribution in [0.1, 0.15) is 23.7 Å². The van der Waals surface area contributed by atoms with Crippen LogP contribution in [0, 0.1) is 0 Å². The van der Waals surface area contributed by atoms with Crippen molar-refractivity contribution in [3.8, 4) is 5.75 Å². The number of carbonyl (C=O) groups is 1. The number of nitrogens with zero attached hydrogens (tertiary/aromatic N) is 1. The van der Waals surface area contributed by atoms with Gasteiger partial charge in [0.2, 0.25) is 0 Å². The van der Waals surface area contributed by atoms with E-state index in [2.05, 4.69) is 0 Å². The third-order valence-electron chi connectivity index (χ3n) is 5.35. The lowest BCUT2D eigenvalue weighted by Crippen LogP contribution is -2.32. The fourth-order valence-electron chi connectivity index (χ4n) is 3.87. The van der Waals surface area contributed by atoms with Crippen molar-refractivity contribution in [2.24, 2.45) is 0 Å². The number of likely N-dealkylation sites (tertiary alicyclic amines) is 1. The van der Waals surface area contributed by atoms with Crippen LogP contribution in [0.15, 0.2) is 71.6 Å². The van der Waals surface area contributed by atoms with Crippen LogP contribution in [0.4, 0.5) is 0 Å². The smallest absolute Gasteiger partial charge is 0.258 e. The molecule has 1 amide bonds. The molecule has 0 N–H and O–H groups in total. The van der Waals surface area contributed by atoms with Crippen LogP contribution in [0.5, 0.6) is 5.75 Å². The Hall–Kier alpha value is -2.86. The molecule has 1 aliphatic heterocycles. The Morgan fingerprint density at radius 3 is 2.52 bits per heavy atom. The second kappa shape index (κ2) is 7.87. The molecule has 29 heavy (non-hydrogen) atoms. The minimum absolute atomic E-state index is 0.184. The molecule has 0 radical (unpaired) electrons. The third-order valence-corrected chi connectivity index (χ3v) is 7.54. The van der Waals surface area contributed by atoms with E-state index in [1.165, 1.54) is 0 Å². The highest BCUT2D eigenvalue weighted by atomic mass is 32.2. The maximum atomic E-state index is 13.4. The Morgan fingerprint density at radius 1 is 1.03 bits per heavy atom. The maximum Gasteiger partial charge on any atom is 0.258 e. The van der Waals surface area contributed by atoms with Gasteiger partial charge in [-0.25, -0.2) is 8.42 Å². The number of ether oxygens (including phenoxy) is 1. The molecule has 1 fully saturated rings. The van der Waals surface area contributed by atoms with E-state index in [4.69, 9.17) is 4.74 Å². The molecule has 0 aliphatic carbocycles. The number of benzene rings is 3. The standard InChI is InChI=1S/C23H23NO4S/c1-2-28-21-13-12-17-8-6-7-11-20(17)22(21)23(25)24-15-14-19(16-24)29(26,27)18-9-4-3-5-10-18/h3-13,19H,2,14-16H2,1H3. The molecule has 150 valence electrons. The normalized spacial score (nSPS) is 16.9. The molecule has 5 nitrogen and oxygen atoms in total. The van der Waals surface area contributed by atoms with Gasteiger partial charge in [-0.2, -0.15) is 0 Å². The average Bonchev–Trinajstić information content (AvgIpc) is 3.25. The van der Waals surface area contributed by atoms with Crippen molar-refractivity contribution in [3.05, 3.63) is 72.3 Å². The van der Waals surface area contributed by atoms with Gasteiger partial charge >= 0.3 is 0 Å². The highest BCUT2D eigenvalue weighted by Crippen LogP contribution is 2.32. The van der Waals surface area contributed by atoms with Crippen LogP contribution in [0.2, 0.25) is 0 Å². The number of amides is 1. The fraction of sp³-hybridized carbons (Fsp3) is 0.261. The first-order valence-corrected chi connectivity index (χ1v) is 11.3. The Labute approximate surface area is 170 Å². The van der Waals surface area contributed by atoms with Crippen molar-refractivity contribution in [1.82, 2.24) is 4.90 Å². The van der Waals surface area contributed by atoms with E-state index in [1.807, 2.05) is 43.3 Å². The summed E-state index contributed by atoms with van der Waals surface area (Å²) in [6, 6.07) is 19.9. The van der Waals surface area contributed by atoms with Gasteiger partial charge in [0, 0.05) is 13.1 Å². The number of rotatable bonds is 5. The van der Waals surface area contributed by atoms with Gasteiger partial charge in [-0.3, -0.25) is 4.79 Å². The molecule has 1 heterocycles. The first kappa shape index (κ1) is 19.5. The lowest BCUT2D eigenvalue weighted by atomic mass is 10.0. The van der Waals surface area contributed by atoms with Gasteiger partial charge in [0.15, 0.2) is 9.84 Å². The minimum Gasteiger partial charge on any atom is -0.493 e. The largest absolute Gasteiger partial charge is 0.493 e. The van der Waals surface area contributed by atoms with Crippen molar-refractivity contribution in [2.45, 2.75) is 23.5 Å². The molecule has 3 aromatic rings. The summed E-state index contributed by atoms with van der Waals surface area (Å²) < 4.78 is 31.6. The summed E-state index contributed by atoms with van der Waals surface area (Å²) in [7, 11) is -3.48. The van der Waals surface area contributed by atoms with E-state index in [0.717, 1.165) is 10.8 Å². The fourth-order valence-corrected chi connectivity index (χ4v) is 5.59. The van der Waals surface area contributed by atoms with Gasteiger partial charge < -0.3 is 9.64 Å². The first-order chi connectivity index (χ1) is 14.0. The number of hydrogen-bond acceptors (Lipinski definition) is 4. The molecule has 1 aliphatic rings. The van der Waals surface area contributed by atoms with Crippen LogP contribution in [0.3, 0.4) is 0 Å². The van der Waals surface area contributed by atoms with Gasteiger partial charge in [-0.1, -0.05) is 48.5 Å². The number of carbonyl (C=O) groups excluding carboxylic acids is 1. The summed E-state index contributed by atoms with van der Waals surface area (Å²) in [5.41, 5.74) is 0.503. The van der Waals surface area contributed by atoms with E-state index in [1.54, 1.807) is 35.2 Å². The van der Waals surface area contributed by atoms with Crippen LogP contribution >= 0.6 is 0 Å². The predicted octanol–water partition coefficient (Wildman–Crippen LogP) is 3.93. The predicted molar refractivity (Wildman–Crippen MR) is 113 cm³/mol. The summed E-state index contributed by atoms with van der Waals surface area (Å²) in [6.07, 6.45) is 0.428. The average molecular weight is 410 g/mol. The summed E-state index contributed by atoms with van der Waals surface area (Å²) in [5.74, 6) is 0.349. The Balaban J connectivity index is 1.66. The zero-order valence-electron chi connectivity index (χ0n) is 16.2. The second-order valence-electron chi connectivity index (χ2n) is 7.11. The van der Waals surface area contributed by atoms with E-state index < -0.39 is 15.1 Å². The number of fused-ring (bicyclic) bond motifs is 1. The minimum atomic E-state index is -3.48. The maximum absolute atomic E-state index is 13.4. The Kier molecular flexibility index (Phi) is 5.28. The highest BCUT2D eigenvalue weighted by Gasteiger charge is 2.37. The van der Waals surface area contributed by atoms with Crippen LogP contribution < -0.4 is 4.74 Å². The molecule has 3 aromatic carbocycles. The molecule has 1 atom stereocenters. The third kappa shape index (κ3) is 3.60. The molecule has 0 bridgehead atoms. The SMILES string of the molecule is CCOc1ccc2ccccc2c1C(=O)N1CCC(S(=O)(=O)c2ccccc2)C1. The van der Waals surface area contributed by atoms with Crippen molar-refractivity contribution in [1.29, 1.82) is 0 Å². The Bertz CT molecular complexity index is 1140. The van der Waals surface area contributed by atoms with Crippen molar-refractivity contribution < 1.29 is 17.9 Å². The van der Waals surface area contributed by atoms with Crippen LogP contribution in [-0.4, -0.2) is 44.2 Å². The molecule has 0 aromatic heterocycles. The van der Waals surface area contributed by atoms with E-state index >= 15 is 0 Å². The van der Waals surface area contributed by atoms with Crippen molar-refractivity contribution in [2.75, 3.05) is 19.7 Å². The molecule has 6 heteroatoms. The zero-order chi connectivity index (χ0) is 20.4. The van der Waals surface area contributed by atoms with E-state index in [9.17, 15) is 13.2 Å². The van der Waals surface area contributed by atoms with Crippen LogP contribution in [-0.2, 0) is 9.84 Å². The van der Waals surface area contributed by atoms with Gasteiger partial charge in [0.25, 0.3) is 5.91 Å². The molecule has 0 spiro atoms. The molecule has 4 rings (SSSR count). The molecule has 1 unspecified atom stereocenters. The molecular weight excluding hydrogens is 386 g/mol. The molecule has 1 saturated heterocycles. The van der Waals surface area contributed by atoms with Crippen molar-refractivity contribution >= 4 is 26.5 Å². The lowest BCUT2D eigenvalue weighted by molar-refractivity contribution is 0.0791. The van der Waals surface area contributed by atoms with E-state index in [0.29, 0.717) is 35.8 Å². The molecule has 0 saturated carbocycles. The van der Waals surface area contributed by atoms with Gasteiger partial charge in [-0.05, 0) is 42.3 Å². The summed E-state index contributed by atoms with van der Waals surface area (Å²) >= 11 is 0. The zero-order valence-corrected chi connectivity index (χ0v) is 17.1. The van der Waals surface area contributed by atoms with E-state index in [-0.39, 0.29) is 12.5 Å². The molecular formula is C23H23NO4S. The monoisotopic (exact) mass is 409 g/mol. The number of sulfone groups is 1. The van der Waals surface area contributed by atoms with Gasteiger partial charge in [0.1, 0.15) is 5.75 Å². The lowest BCUT2D eigenvalue weighted by Gasteiger charge is -2.20. The van der Waals surface area contributed by atoms with Crippen LogP contribution in [0.25, 0.3) is 10.8 Å². The quantitative estimate of drug-likeness (QED) is 0.641.